The number of likely N-dealkylation sites (N-methyl/N-ethyl adjacent to an activating group) is 1. The molecule has 1 saturated heterocycles. The Morgan fingerprint density at radius 1 is 1.24 bits per heavy atom. The van der Waals surface area contributed by atoms with Crippen molar-refractivity contribution in [3.63, 3.8) is 0 Å². The second kappa shape index (κ2) is 5.92. The van der Waals surface area contributed by atoms with Gasteiger partial charge in [-0.15, -0.1) is 5.53 Å². The van der Waals surface area contributed by atoms with E-state index in [1.54, 1.807) is 11.2 Å². The molecule has 0 saturated carbocycles. The standard InChI is InChI=1S/C12H19ClN8/c1-19-3-5-21(6-4-19)9-7-14-12(13)16-11(9)15-10-8-20(2)18-17-10/h7-8,17-18H,3-6H2,1-2H3,(H,14,15,16). The van der Waals surface area contributed by atoms with E-state index in [0.717, 1.165) is 37.7 Å². The Morgan fingerprint density at radius 2 is 2.00 bits per heavy atom. The Kier molecular flexibility index (Phi) is 4.00. The smallest absolute Gasteiger partial charge is 0.224 e. The minimum atomic E-state index is 0.232. The van der Waals surface area contributed by atoms with E-state index in [1.165, 1.54) is 0 Å². The van der Waals surface area contributed by atoms with Crippen LogP contribution in [-0.2, 0) is 0 Å². The van der Waals surface area contributed by atoms with E-state index < -0.39 is 0 Å². The first-order valence-electron chi connectivity index (χ1n) is 6.81. The second-order valence-electron chi connectivity index (χ2n) is 5.18. The molecule has 114 valence electrons. The highest BCUT2D eigenvalue weighted by Crippen LogP contribution is 2.26. The van der Waals surface area contributed by atoms with Crippen LogP contribution >= 0.6 is 11.6 Å². The van der Waals surface area contributed by atoms with Gasteiger partial charge in [0.1, 0.15) is 5.82 Å². The van der Waals surface area contributed by atoms with Gasteiger partial charge >= 0.3 is 0 Å². The van der Waals surface area contributed by atoms with Gasteiger partial charge in [0.25, 0.3) is 0 Å². The van der Waals surface area contributed by atoms with E-state index in [9.17, 15) is 0 Å². The Balaban J connectivity index is 1.81. The van der Waals surface area contributed by atoms with Crippen molar-refractivity contribution in [2.45, 2.75) is 0 Å². The Hall–Kier alpha value is -1.77. The molecule has 0 aromatic carbocycles. The maximum atomic E-state index is 5.94. The van der Waals surface area contributed by atoms with E-state index in [0.29, 0.717) is 5.82 Å². The average molecular weight is 311 g/mol. The minimum absolute atomic E-state index is 0.232. The Morgan fingerprint density at radius 3 is 2.67 bits per heavy atom. The highest BCUT2D eigenvalue weighted by atomic mass is 35.5. The lowest BCUT2D eigenvalue weighted by molar-refractivity contribution is 0.313. The summed E-state index contributed by atoms with van der Waals surface area (Å²) in [7, 11) is 4.03. The van der Waals surface area contributed by atoms with Crippen molar-refractivity contribution in [3.8, 4) is 0 Å². The summed E-state index contributed by atoms with van der Waals surface area (Å²) >= 11 is 5.94. The number of piperazine rings is 1. The fraction of sp³-hybridized carbons (Fsp3) is 0.500. The van der Waals surface area contributed by atoms with E-state index in [2.05, 4.69) is 43.1 Å². The van der Waals surface area contributed by atoms with Gasteiger partial charge in [0.2, 0.25) is 5.28 Å². The summed E-state index contributed by atoms with van der Waals surface area (Å²) in [6, 6.07) is 0. The summed E-state index contributed by atoms with van der Waals surface area (Å²) in [5, 5.41) is 5.28. The molecule has 0 atom stereocenters. The van der Waals surface area contributed by atoms with Crippen molar-refractivity contribution >= 4 is 23.1 Å². The van der Waals surface area contributed by atoms with Crippen molar-refractivity contribution in [2.75, 3.05) is 50.5 Å². The monoisotopic (exact) mass is 310 g/mol. The normalized spacial score (nSPS) is 19.5. The molecule has 1 aromatic rings. The summed E-state index contributed by atoms with van der Waals surface area (Å²) in [6.07, 6.45) is 3.67. The summed E-state index contributed by atoms with van der Waals surface area (Å²) in [6.45, 7) is 3.93. The summed E-state index contributed by atoms with van der Waals surface area (Å²) in [4.78, 5) is 13.0. The molecule has 3 rings (SSSR count). The average Bonchev–Trinajstić information content (AvgIpc) is 2.86. The number of nitrogens with one attached hydrogen (secondary N) is 3. The predicted octanol–water partition coefficient (Wildman–Crippen LogP) is 0.0472. The number of aromatic nitrogens is 2. The summed E-state index contributed by atoms with van der Waals surface area (Å²) < 4.78 is 0. The van der Waals surface area contributed by atoms with Gasteiger partial charge in [0, 0.05) is 33.2 Å². The van der Waals surface area contributed by atoms with E-state index in [1.807, 2.05) is 13.2 Å². The highest BCUT2D eigenvalue weighted by Gasteiger charge is 2.20. The van der Waals surface area contributed by atoms with Crippen LogP contribution in [0.2, 0.25) is 5.28 Å². The molecule has 0 unspecified atom stereocenters. The molecule has 2 aliphatic heterocycles. The first kappa shape index (κ1) is 14.2. The van der Waals surface area contributed by atoms with Crippen molar-refractivity contribution in [3.05, 3.63) is 23.5 Å². The minimum Gasteiger partial charge on any atom is -0.365 e. The van der Waals surface area contributed by atoms with Gasteiger partial charge in [-0.1, -0.05) is 0 Å². The van der Waals surface area contributed by atoms with E-state index in [-0.39, 0.29) is 5.28 Å². The number of rotatable bonds is 3. The lowest BCUT2D eigenvalue weighted by Gasteiger charge is -2.34. The van der Waals surface area contributed by atoms with Crippen LogP contribution in [0.25, 0.3) is 0 Å². The van der Waals surface area contributed by atoms with E-state index >= 15 is 0 Å². The topological polar surface area (TPSA) is 71.6 Å². The maximum Gasteiger partial charge on any atom is 0.224 e. The van der Waals surface area contributed by atoms with Crippen LogP contribution in [0.5, 0.6) is 0 Å². The number of nitrogens with zero attached hydrogens (tertiary/aromatic N) is 5. The first-order valence-corrected chi connectivity index (χ1v) is 7.19. The zero-order valence-electron chi connectivity index (χ0n) is 12.1. The van der Waals surface area contributed by atoms with Crippen LogP contribution in [0.1, 0.15) is 0 Å². The van der Waals surface area contributed by atoms with Gasteiger partial charge in [-0.2, -0.15) is 4.98 Å². The zero-order chi connectivity index (χ0) is 14.8. The molecule has 0 amide bonds. The quantitative estimate of drug-likeness (QED) is 0.677. The van der Waals surface area contributed by atoms with Crippen LogP contribution in [0, 0.1) is 0 Å². The van der Waals surface area contributed by atoms with Crippen LogP contribution in [0.3, 0.4) is 0 Å². The van der Waals surface area contributed by atoms with Crippen molar-refractivity contribution in [1.82, 2.24) is 30.8 Å². The molecule has 8 nitrogen and oxygen atoms in total. The second-order valence-corrected chi connectivity index (χ2v) is 5.52. The van der Waals surface area contributed by atoms with Crippen molar-refractivity contribution in [2.24, 2.45) is 0 Å². The molecule has 21 heavy (non-hydrogen) atoms. The molecular formula is C12H19ClN8. The predicted molar refractivity (Wildman–Crippen MR) is 82.5 cm³/mol. The number of hydrogen-bond donors (Lipinski definition) is 3. The van der Waals surface area contributed by atoms with Crippen LogP contribution in [0.4, 0.5) is 11.5 Å². The fourth-order valence-corrected chi connectivity index (χ4v) is 2.46. The highest BCUT2D eigenvalue weighted by molar-refractivity contribution is 6.28. The number of hydrogen-bond acceptors (Lipinski definition) is 8. The molecule has 1 aromatic heterocycles. The summed E-state index contributed by atoms with van der Waals surface area (Å²) in [5.41, 5.74) is 6.91. The third-order valence-corrected chi connectivity index (χ3v) is 3.71. The SMILES string of the molecule is CN1CCN(c2cnc(Cl)nc2NC2=CN(C)NN2)CC1. The molecule has 9 heteroatoms. The van der Waals surface area contributed by atoms with Crippen LogP contribution in [0.15, 0.2) is 18.2 Å². The van der Waals surface area contributed by atoms with E-state index in [4.69, 9.17) is 11.6 Å². The molecular weight excluding hydrogens is 292 g/mol. The zero-order valence-corrected chi connectivity index (χ0v) is 12.9. The van der Waals surface area contributed by atoms with Gasteiger partial charge in [-0.3, -0.25) is 10.4 Å². The Bertz CT molecular complexity index is 540. The van der Waals surface area contributed by atoms with Gasteiger partial charge in [-0.25, -0.2) is 4.98 Å². The summed E-state index contributed by atoms with van der Waals surface area (Å²) in [5.74, 6) is 1.51. The van der Waals surface area contributed by atoms with Gasteiger partial charge < -0.3 is 15.1 Å². The van der Waals surface area contributed by atoms with Crippen LogP contribution < -0.4 is 21.2 Å². The molecule has 2 aliphatic rings. The number of hydrazine groups is 2. The van der Waals surface area contributed by atoms with Gasteiger partial charge in [0.05, 0.1) is 18.1 Å². The van der Waals surface area contributed by atoms with Crippen molar-refractivity contribution < 1.29 is 0 Å². The van der Waals surface area contributed by atoms with Gasteiger partial charge in [0.15, 0.2) is 5.82 Å². The number of halogens is 1. The molecule has 0 bridgehead atoms. The molecule has 0 radical (unpaired) electrons. The third kappa shape index (κ3) is 3.29. The lowest BCUT2D eigenvalue weighted by atomic mass is 10.3. The fourth-order valence-electron chi connectivity index (χ4n) is 2.32. The van der Waals surface area contributed by atoms with Crippen LogP contribution in [-0.4, -0.2) is 60.2 Å². The molecule has 0 aliphatic carbocycles. The molecule has 1 fully saturated rings. The molecule has 0 spiro atoms. The van der Waals surface area contributed by atoms with Gasteiger partial charge in [-0.05, 0) is 18.6 Å². The third-order valence-electron chi connectivity index (χ3n) is 3.53. The number of anilines is 2. The first-order chi connectivity index (χ1) is 10.1. The van der Waals surface area contributed by atoms with Crippen molar-refractivity contribution in [1.29, 1.82) is 0 Å². The largest absolute Gasteiger partial charge is 0.365 e. The lowest BCUT2D eigenvalue weighted by Crippen LogP contribution is -2.44. The Labute approximate surface area is 128 Å². The molecule has 3 heterocycles. The maximum absolute atomic E-state index is 5.94. The molecule has 3 N–H and O–H groups in total.